The number of primary sulfonamides is 1. The number of hydrogen-bond donors (Lipinski definition) is 3. The molecule has 0 aliphatic rings. The zero-order valence-electron chi connectivity index (χ0n) is 10.3. The van der Waals surface area contributed by atoms with Crippen molar-refractivity contribution in [2.75, 3.05) is 5.43 Å². The molecular formula is C12H12N4O3S. The Morgan fingerprint density at radius 3 is 2.35 bits per heavy atom. The lowest BCUT2D eigenvalue weighted by molar-refractivity contribution is 0.0957. The minimum Gasteiger partial charge on any atom is -0.298 e. The van der Waals surface area contributed by atoms with Gasteiger partial charge in [0.2, 0.25) is 10.0 Å². The van der Waals surface area contributed by atoms with Crippen molar-refractivity contribution in [2.45, 2.75) is 4.90 Å². The van der Waals surface area contributed by atoms with Gasteiger partial charge in [-0.05, 0) is 36.4 Å². The quantitative estimate of drug-likeness (QED) is 0.709. The second-order valence-corrected chi connectivity index (χ2v) is 5.42. The van der Waals surface area contributed by atoms with Crippen molar-refractivity contribution >= 4 is 21.6 Å². The van der Waals surface area contributed by atoms with Gasteiger partial charge < -0.3 is 0 Å². The first-order valence-corrected chi connectivity index (χ1v) is 7.12. The van der Waals surface area contributed by atoms with Crippen molar-refractivity contribution < 1.29 is 13.2 Å². The Balaban J connectivity index is 2.00. The Morgan fingerprint density at radius 2 is 1.80 bits per heavy atom. The van der Waals surface area contributed by atoms with Crippen LogP contribution in [0.25, 0.3) is 0 Å². The maximum Gasteiger partial charge on any atom is 0.288 e. The highest BCUT2D eigenvalue weighted by molar-refractivity contribution is 7.89. The summed E-state index contributed by atoms with van der Waals surface area (Å²) in [5.41, 5.74) is 5.87. The van der Waals surface area contributed by atoms with Crippen LogP contribution in [0.4, 0.5) is 5.69 Å². The lowest BCUT2D eigenvalue weighted by atomic mass is 10.3. The van der Waals surface area contributed by atoms with Gasteiger partial charge >= 0.3 is 0 Å². The lowest BCUT2D eigenvalue weighted by Gasteiger charge is -2.08. The number of pyridine rings is 1. The molecule has 0 aliphatic carbocycles. The van der Waals surface area contributed by atoms with E-state index in [2.05, 4.69) is 15.8 Å². The molecule has 1 amide bonds. The molecule has 0 radical (unpaired) electrons. The zero-order valence-corrected chi connectivity index (χ0v) is 11.1. The fourth-order valence-electron chi connectivity index (χ4n) is 1.42. The van der Waals surface area contributed by atoms with E-state index in [0.29, 0.717) is 5.69 Å². The third-order valence-electron chi connectivity index (χ3n) is 2.40. The molecule has 8 heteroatoms. The summed E-state index contributed by atoms with van der Waals surface area (Å²) >= 11 is 0. The molecule has 0 unspecified atom stereocenters. The molecule has 0 aliphatic heterocycles. The molecular weight excluding hydrogens is 280 g/mol. The number of nitrogens with two attached hydrogens (primary N) is 1. The molecule has 2 rings (SSSR count). The molecule has 0 spiro atoms. The summed E-state index contributed by atoms with van der Waals surface area (Å²) in [6.45, 7) is 0. The fourth-order valence-corrected chi connectivity index (χ4v) is 1.93. The van der Waals surface area contributed by atoms with Crippen LogP contribution in [0.5, 0.6) is 0 Å². The second kappa shape index (κ2) is 5.68. The first-order valence-electron chi connectivity index (χ1n) is 5.57. The van der Waals surface area contributed by atoms with Crippen LogP contribution in [0.15, 0.2) is 53.6 Å². The van der Waals surface area contributed by atoms with Gasteiger partial charge in [0.15, 0.2) is 0 Å². The molecule has 0 saturated heterocycles. The van der Waals surface area contributed by atoms with Crippen LogP contribution in [0.1, 0.15) is 10.5 Å². The Kier molecular flexibility index (Phi) is 3.97. The van der Waals surface area contributed by atoms with Gasteiger partial charge in [-0.2, -0.15) is 0 Å². The van der Waals surface area contributed by atoms with Gasteiger partial charge in [-0.3, -0.25) is 20.6 Å². The standard InChI is InChI=1S/C12H12N4O3S/c13-20(18,19)10-6-4-9(5-7-10)15-16-12(17)11-3-1-2-8-14-11/h1-8,15H,(H,16,17)(H2,13,18,19). The number of rotatable bonds is 4. The predicted molar refractivity (Wildman–Crippen MR) is 73.1 cm³/mol. The summed E-state index contributed by atoms with van der Waals surface area (Å²) in [5.74, 6) is -0.402. The third kappa shape index (κ3) is 3.53. The van der Waals surface area contributed by atoms with Crippen molar-refractivity contribution in [1.82, 2.24) is 10.4 Å². The van der Waals surface area contributed by atoms with Crippen LogP contribution in [-0.4, -0.2) is 19.3 Å². The predicted octanol–water partition coefficient (Wildman–Crippen LogP) is 0.486. The summed E-state index contributed by atoms with van der Waals surface area (Å²) in [7, 11) is -3.72. The van der Waals surface area contributed by atoms with E-state index in [1.165, 1.54) is 30.5 Å². The topological polar surface area (TPSA) is 114 Å². The second-order valence-electron chi connectivity index (χ2n) is 3.86. The summed E-state index contributed by atoms with van der Waals surface area (Å²) < 4.78 is 22.1. The highest BCUT2D eigenvalue weighted by Crippen LogP contribution is 2.11. The number of benzene rings is 1. The van der Waals surface area contributed by atoms with Crippen molar-refractivity contribution in [3.8, 4) is 0 Å². The van der Waals surface area contributed by atoms with Crippen molar-refractivity contribution in [1.29, 1.82) is 0 Å². The lowest BCUT2D eigenvalue weighted by Crippen LogP contribution is -2.29. The molecule has 0 saturated carbocycles. The van der Waals surface area contributed by atoms with Crippen LogP contribution in [0.2, 0.25) is 0 Å². The molecule has 2 aromatic rings. The molecule has 1 aromatic carbocycles. The van der Waals surface area contributed by atoms with Gasteiger partial charge in [-0.25, -0.2) is 13.6 Å². The molecule has 1 heterocycles. The highest BCUT2D eigenvalue weighted by atomic mass is 32.2. The van der Waals surface area contributed by atoms with E-state index >= 15 is 0 Å². The van der Waals surface area contributed by atoms with Crippen LogP contribution in [0.3, 0.4) is 0 Å². The Labute approximate surface area is 115 Å². The summed E-state index contributed by atoms with van der Waals surface area (Å²) in [5, 5.41) is 4.98. The average molecular weight is 292 g/mol. The highest BCUT2D eigenvalue weighted by Gasteiger charge is 2.08. The summed E-state index contributed by atoms with van der Waals surface area (Å²) in [4.78, 5) is 15.6. The van der Waals surface area contributed by atoms with Gasteiger partial charge in [0.1, 0.15) is 5.69 Å². The first-order chi connectivity index (χ1) is 9.47. The number of nitrogens with zero attached hydrogens (tertiary/aromatic N) is 1. The molecule has 4 N–H and O–H groups in total. The largest absolute Gasteiger partial charge is 0.298 e. The molecule has 20 heavy (non-hydrogen) atoms. The number of carbonyl (C=O) groups excluding carboxylic acids is 1. The number of sulfonamides is 1. The SMILES string of the molecule is NS(=O)(=O)c1ccc(NNC(=O)c2ccccn2)cc1. The van der Waals surface area contributed by atoms with E-state index in [9.17, 15) is 13.2 Å². The zero-order chi connectivity index (χ0) is 14.6. The number of hydrazine groups is 1. The number of amides is 1. The minimum absolute atomic E-state index is 0.000831. The fraction of sp³-hybridized carbons (Fsp3) is 0. The van der Waals surface area contributed by atoms with Gasteiger partial charge in [-0.1, -0.05) is 6.07 Å². The monoisotopic (exact) mass is 292 g/mol. The molecule has 0 atom stereocenters. The average Bonchev–Trinajstić information content (AvgIpc) is 2.45. The van der Waals surface area contributed by atoms with E-state index in [4.69, 9.17) is 5.14 Å². The van der Waals surface area contributed by atoms with Crippen molar-refractivity contribution in [3.05, 3.63) is 54.4 Å². The van der Waals surface area contributed by atoms with Crippen molar-refractivity contribution in [3.63, 3.8) is 0 Å². The normalized spacial score (nSPS) is 10.8. The van der Waals surface area contributed by atoms with Crippen molar-refractivity contribution in [2.24, 2.45) is 5.14 Å². The Bertz CT molecular complexity index is 699. The number of anilines is 1. The Morgan fingerprint density at radius 1 is 1.10 bits per heavy atom. The molecule has 1 aromatic heterocycles. The van der Waals surface area contributed by atoms with Crippen LogP contribution in [0, 0.1) is 0 Å². The van der Waals surface area contributed by atoms with Crippen LogP contribution >= 0.6 is 0 Å². The van der Waals surface area contributed by atoms with Gasteiger partial charge in [0.05, 0.1) is 10.6 Å². The van der Waals surface area contributed by atoms with E-state index in [1.807, 2.05) is 0 Å². The Hall–Kier alpha value is -2.45. The maximum atomic E-state index is 11.7. The third-order valence-corrected chi connectivity index (χ3v) is 3.33. The molecule has 7 nitrogen and oxygen atoms in total. The molecule has 0 bridgehead atoms. The number of carbonyl (C=O) groups is 1. The number of aromatic nitrogens is 1. The van der Waals surface area contributed by atoms with E-state index in [1.54, 1.807) is 18.2 Å². The smallest absolute Gasteiger partial charge is 0.288 e. The van der Waals surface area contributed by atoms with E-state index in [0.717, 1.165) is 0 Å². The van der Waals surface area contributed by atoms with E-state index in [-0.39, 0.29) is 10.6 Å². The van der Waals surface area contributed by atoms with E-state index < -0.39 is 15.9 Å². The number of hydrogen-bond acceptors (Lipinski definition) is 5. The maximum absolute atomic E-state index is 11.7. The van der Waals surface area contributed by atoms with Crippen LogP contribution in [-0.2, 0) is 10.0 Å². The minimum atomic E-state index is -3.72. The van der Waals surface area contributed by atoms with Gasteiger partial charge in [0, 0.05) is 6.20 Å². The van der Waals surface area contributed by atoms with Gasteiger partial charge in [0.25, 0.3) is 5.91 Å². The van der Waals surface area contributed by atoms with Gasteiger partial charge in [-0.15, -0.1) is 0 Å². The number of nitrogens with one attached hydrogen (secondary N) is 2. The summed E-state index contributed by atoms with van der Waals surface area (Å²) in [6, 6.07) is 10.6. The first kappa shape index (κ1) is 14.0. The van der Waals surface area contributed by atoms with Crippen LogP contribution < -0.4 is 16.0 Å². The molecule has 104 valence electrons. The molecule has 0 fully saturated rings. The summed E-state index contributed by atoms with van der Waals surface area (Å²) in [6.07, 6.45) is 1.51.